The second-order valence-corrected chi connectivity index (χ2v) is 5.55. The Kier molecular flexibility index (Phi) is 5.49. The summed E-state index contributed by atoms with van der Waals surface area (Å²) in [7, 11) is 0. The minimum absolute atomic E-state index is 0.0635. The van der Waals surface area contributed by atoms with E-state index in [-0.39, 0.29) is 29.2 Å². The lowest BCUT2D eigenvalue weighted by atomic mass is 9.92. The molecule has 22 heavy (non-hydrogen) atoms. The molecule has 5 nitrogen and oxygen atoms in total. The predicted molar refractivity (Wildman–Crippen MR) is 80.9 cm³/mol. The Bertz CT molecular complexity index is 560. The van der Waals surface area contributed by atoms with Gasteiger partial charge in [-0.15, -0.1) is 0 Å². The summed E-state index contributed by atoms with van der Waals surface area (Å²) in [5.41, 5.74) is 5.22. The minimum atomic E-state index is -0.705. The molecule has 0 spiro atoms. The number of hydrogen-bond acceptors (Lipinski definition) is 3. The average molecular weight is 308 g/mol. The molecule has 1 saturated heterocycles. The highest BCUT2D eigenvalue weighted by atomic mass is 19.1. The van der Waals surface area contributed by atoms with Gasteiger partial charge in [0.25, 0.3) is 0 Å². The third kappa shape index (κ3) is 4.04. The molecule has 1 aromatic carbocycles. The van der Waals surface area contributed by atoms with Crippen molar-refractivity contribution in [2.75, 3.05) is 11.9 Å². The zero-order chi connectivity index (χ0) is 16.1. The standard InChI is InChI=1S/C16H21FN2O3/c1-2-3-12-8-11(6-7-22-12)16(21)19-14-5-4-10(15(18)20)9-13(14)17/h4-5,9,11-12H,2-3,6-8H2,1H3,(H2,18,20)(H,19,21)/t11-,12-/m1/s1. The maximum Gasteiger partial charge on any atom is 0.248 e. The molecule has 1 fully saturated rings. The summed E-state index contributed by atoms with van der Waals surface area (Å²) >= 11 is 0. The van der Waals surface area contributed by atoms with Crippen LogP contribution in [0.4, 0.5) is 10.1 Å². The van der Waals surface area contributed by atoms with Crippen LogP contribution in [-0.4, -0.2) is 24.5 Å². The molecule has 1 aliphatic heterocycles. The molecular weight excluding hydrogens is 287 g/mol. The van der Waals surface area contributed by atoms with Gasteiger partial charge in [0.2, 0.25) is 11.8 Å². The van der Waals surface area contributed by atoms with Crippen LogP contribution >= 0.6 is 0 Å². The quantitative estimate of drug-likeness (QED) is 0.876. The smallest absolute Gasteiger partial charge is 0.248 e. The van der Waals surface area contributed by atoms with E-state index in [1.165, 1.54) is 12.1 Å². The van der Waals surface area contributed by atoms with Crippen molar-refractivity contribution < 1.29 is 18.7 Å². The van der Waals surface area contributed by atoms with Crippen molar-refractivity contribution in [2.45, 2.75) is 38.7 Å². The number of benzene rings is 1. The first-order valence-electron chi connectivity index (χ1n) is 7.53. The lowest BCUT2D eigenvalue weighted by Crippen LogP contribution is -2.33. The summed E-state index contributed by atoms with van der Waals surface area (Å²) < 4.78 is 19.5. The number of primary amides is 1. The van der Waals surface area contributed by atoms with Gasteiger partial charge in [-0.1, -0.05) is 13.3 Å². The average Bonchev–Trinajstić information content (AvgIpc) is 2.49. The molecule has 1 heterocycles. The van der Waals surface area contributed by atoms with Crippen LogP contribution in [0, 0.1) is 11.7 Å². The Morgan fingerprint density at radius 1 is 1.45 bits per heavy atom. The van der Waals surface area contributed by atoms with E-state index in [1.807, 2.05) is 0 Å². The van der Waals surface area contributed by atoms with Crippen molar-refractivity contribution >= 4 is 17.5 Å². The van der Waals surface area contributed by atoms with E-state index >= 15 is 0 Å². The number of hydrogen-bond donors (Lipinski definition) is 2. The maximum atomic E-state index is 13.9. The molecule has 6 heteroatoms. The second-order valence-electron chi connectivity index (χ2n) is 5.55. The summed E-state index contributed by atoms with van der Waals surface area (Å²) in [6, 6.07) is 3.78. The van der Waals surface area contributed by atoms with Crippen LogP contribution in [0.15, 0.2) is 18.2 Å². The highest BCUT2D eigenvalue weighted by molar-refractivity contribution is 5.95. The largest absolute Gasteiger partial charge is 0.378 e. The molecular formula is C16H21FN2O3. The summed E-state index contributed by atoms with van der Waals surface area (Å²) in [5.74, 6) is -1.76. The van der Waals surface area contributed by atoms with Gasteiger partial charge in [-0.3, -0.25) is 9.59 Å². The van der Waals surface area contributed by atoms with E-state index in [0.29, 0.717) is 19.4 Å². The fraction of sp³-hybridized carbons (Fsp3) is 0.500. The Balaban J connectivity index is 2.01. The first-order chi connectivity index (χ1) is 10.5. The van der Waals surface area contributed by atoms with E-state index in [1.54, 1.807) is 0 Å². The molecule has 0 bridgehead atoms. The monoisotopic (exact) mass is 308 g/mol. The van der Waals surface area contributed by atoms with Crippen molar-refractivity contribution in [3.05, 3.63) is 29.6 Å². The van der Waals surface area contributed by atoms with Crippen LogP contribution in [0.3, 0.4) is 0 Å². The SMILES string of the molecule is CCC[C@@H]1C[C@H](C(=O)Nc2ccc(C(N)=O)cc2F)CCO1. The van der Waals surface area contributed by atoms with E-state index in [0.717, 1.165) is 18.9 Å². The third-order valence-corrected chi connectivity index (χ3v) is 3.86. The lowest BCUT2D eigenvalue weighted by Gasteiger charge is -2.28. The van der Waals surface area contributed by atoms with Gasteiger partial charge in [-0.25, -0.2) is 4.39 Å². The molecule has 0 radical (unpaired) electrons. The number of anilines is 1. The summed E-state index contributed by atoms with van der Waals surface area (Å²) in [6.07, 6.45) is 3.30. The van der Waals surface area contributed by atoms with Gasteiger partial charge in [-0.2, -0.15) is 0 Å². The molecule has 1 aromatic rings. The highest BCUT2D eigenvalue weighted by Gasteiger charge is 2.27. The predicted octanol–water partition coefficient (Wildman–Crippen LogP) is 2.46. The lowest BCUT2D eigenvalue weighted by molar-refractivity contribution is -0.125. The number of carbonyl (C=O) groups excluding carboxylic acids is 2. The highest BCUT2D eigenvalue weighted by Crippen LogP contribution is 2.25. The van der Waals surface area contributed by atoms with E-state index < -0.39 is 11.7 Å². The number of nitrogens with one attached hydrogen (secondary N) is 1. The summed E-state index contributed by atoms with van der Waals surface area (Å²) in [6.45, 7) is 2.62. The molecule has 0 saturated carbocycles. The number of halogens is 1. The fourth-order valence-electron chi connectivity index (χ4n) is 2.65. The van der Waals surface area contributed by atoms with Crippen LogP contribution in [0.25, 0.3) is 0 Å². The molecule has 120 valence electrons. The maximum absolute atomic E-state index is 13.9. The van der Waals surface area contributed by atoms with Crippen LogP contribution in [0.5, 0.6) is 0 Å². The van der Waals surface area contributed by atoms with Crippen LogP contribution < -0.4 is 11.1 Å². The Morgan fingerprint density at radius 3 is 2.86 bits per heavy atom. The van der Waals surface area contributed by atoms with Gasteiger partial charge >= 0.3 is 0 Å². The molecule has 0 unspecified atom stereocenters. The molecule has 2 rings (SSSR count). The minimum Gasteiger partial charge on any atom is -0.378 e. The van der Waals surface area contributed by atoms with E-state index in [2.05, 4.69) is 12.2 Å². The van der Waals surface area contributed by atoms with Crippen LogP contribution in [-0.2, 0) is 9.53 Å². The van der Waals surface area contributed by atoms with Gasteiger partial charge in [0.15, 0.2) is 0 Å². The first-order valence-corrected chi connectivity index (χ1v) is 7.53. The van der Waals surface area contributed by atoms with Crippen molar-refractivity contribution in [1.29, 1.82) is 0 Å². The summed E-state index contributed by atoms with van der Waals surface area (Å²) in [4.78, 5) is 23.2. The number of carbonyl (C=O) groups is 2. The number of amides is 2. The normalized spacial score (nSPS) is 21.4. The van der Waals surface area contributed by atoms with Crippen molar-refractivity contribution in [3.8, 4) is 0 Å². The van der Waals surface area contributed by atoms with Gasteiger partial charge in [-0.05, 0) is 37.5 Å². The molecule has 2 amide bonds. The number of ether oxygens (including phenoxy) is 1. The van der Waals surface area contributed by atoms with Crippen molar-refractivity contribution in [3.63, 3.8) is 0 Å². The molecule has 0 aliphatic carbocycles. The topological polar surface area (TPSA) is 81.4 Å². The van der Waals surface area contributed by atoms with E-state index in [9.17, 15) is 14.0 Å². The fourth-order valence-corrected chi connectivity index (χ4v) is 2.65. The van der Waals surface area contributed by atoms with Gasteiger partial charge in [0, 0.05) is 18.1 Å². The van der Waals surface area contributed by atoms with Crippen molar-refractivity contribution in [1.82, 2.24) is 0 Å². The Hall–Kier alpha value is -1.95. The van der Waals surface area contributed by atoms with Gasteiger partial charge in [0.05, 0.1) is 11.8 Å². The zero-order valence-electron chi connectivity index (χ0n) is 12.6. The molecule has 1 aliphatic rings. The van der Waals surface area contributed by atoms with Gasteiger partial charge < -0.3 is 15.8 Å². The molecule has 2 atom stereocenters. The first kappa shape index (κ1) is 16.4. The van der Waals surface area contributed by atoms with Crippen LogP contribution in [0.1, 0.15) is 43.0 Å². The van der Waals surface area contributed by atoms with E-state index in [4.69, 9.17) is 10.5 Å². The third-order valence-electron chi connectivity index (χ3n) is 3.86. The Labute approximate surface area is 129 Å². The van der Waals surface area contributed by atoms with Crippen LogP contribution in [0.2, 0.25) is 0 Å². The zero-order valence-corrected chi connectivity index (χ0v) is 12.6. The second kappa shape index (κ2) is 7.35. The number of nitrogens with two attached hydrogens (primary N) is 1. The van der Waals surface area contributed by atoms with Crippen molar-refractivity contribution in [2.24, 2.45) is 11.7 Å². The molecule has 0 aromatic heterocycles. The van der Waals surface area contributed by atoms with Gasteiger partial charge in [0.1, 0.15) is 5.82 Å². The number of rotatable bonds is 5. The Morgan fingerprint density at radius 2 is 2.23 bits per heavy atom. The summed E-state index contributed by atoms with van der Waals surface area (Å²) in [5, 5.41) is 2.59. The molecule has 3 N–H and O–H groups in total.